The summed E-state index contributed by atoms with van der Waals surface area (Å²) in [5, 5.41) is 8.86. The fourth-order valence-electron chi connectivity index (χ4n) is 3.32. The summed E-state index contributed by atoms with van der Waals surface area (Å²) in [6.07, 6.45) is 0.913. The van der Waals surface area contributed by atoms with E-state index in [-0.39, 0.29) is 18.1 Å². The van der Waals surface area contributed by atoms with Gasteiger partial charge >= 0.3 is 0 Å². The predicted octanol–water partition coefficient (Wildman–Crippen LogP) is 5.53. The van der Waals surface area contributed by atoms with Gasteiger partial charge in [-0.05, 0) is 48.4 Å². The zero-order valence-corrected chi connectivity index (χ0v) is 19.7. The molecule has 0 aliphatic carbocycles. The Morgan fingerprint density at radius 1 is 0.971 bits per heavy atom. The Kier molecular flexibility index (Phi) is 7.59. The third-order valence-corrected chi connectivity index (χ3v) is 6.17. The average Bonchev–Trinajstić information content (AvgIpc) is 3.29. The highest BCUT2D eigenvalue weighted by molar-refractivity contribution is 7.99. The van der Waals surface area contributed by atoms with Gasteiger partial charge in [0, 0.05) is 5.56 Å². The third-order valence-electron chi connectivity index (χ3n) is 5.24. The number of carbonyl (C=O) groups excluding carboxylic acids is 1. The minimum Gasteiger partial charge on any atom is -0.497 e. The first-order valence-electron chi connectivity index (χ1n) is 10.8. The van der Waals surface area contributed by atoms with E-state index in [0.717, 1.165) is 12.2 Å². The van der Waals surface area contributed by atoms with Gasteiger partial charge in [0.1, 0.15) is 23.9 Å². The monoisotopic (exact) mass is 477 g/mol. The number of benzene rings is 3. The highest BCUT2D eigenvalue weighted by Gasteiger charge is 2.19. The number of nitrogens with zero attached hydrogens (tertiary/aromatic N) is 3. The molecule has 174 valence electrons. The van der Waals surface area contributed by atoms with E-state index in [4.69, 9.17) is 9.47 Å². The minimum absolute atomic E-state index is 0.0354. The molecule has 0 spiro atoms. The van der Waals surface area contributed by atoms with Crippen molar-refractivity contribution in [1.29, 1.82) is 0 Å². The first-order valence-corrected chi connectivity index (χ1v) is 11.8. The topological polar surface area (TPSA) is 66.2 Å². The summed E-state index contributed by atoms with van der Waals surface area (Å²) in [4.78, 5) is 12.7. The van der Waals surface area contributed by atoms with Crippen LogP contribution in [0.25, 0.3) is 5.69 Å². The lowest BCUT2D eigenvalue weighted by molar-refractivity contribution is 0.102. The largest absolute Gasteiger partial charge is 0.497 e. The predicted molar refractivity (Wildman–Crippen MR) is 130 cm³/mol. The Morgan fingerprint density at radius 3 is 2.35 bits per heavy atom. The number of rotatable bonds is 10. The average molecular weight is 478 g/mol. The second-order valence-corrected chi connectivity index (χ2v) is 8.35. The van der Waals surface area contributed by atoms with Crippen LogP contribution in [0.5, 0.6) is 11.5 Å². The third kappa shape index (κ3) is 5.46. The number of thioether (sulfide) groups is 1. The number of aryl methyl sites for hydroxylation is 1. The second-order valence-electron chi connectivity index (χ2n) is 7.41. The quantitative estimate of drug-likeness (QED) is 0.221. The van der Waals surface area contributed by atoms with Crippen molar-refractivity contribution in [1.82, 2.24) is 14.8 Å². The molecule has 6 nitrogen and oxygen atoms in total. The number of hydrogen-bond acceptors (Lipinski definition) is 6. The molecule has 0 unspecified atom stereocenters. The van der Waals surface area contributed by atoms with Gasteiger partial charge in [-0.1, -0.05) is 55.1 Å². The number of methoxy groups -OCH3 is 1. The zero-order valence-electron chi connectivity index (χ0n) is 18.9. The van der Waals surface area contributed by atoms with Crippen molar-refractivity contribution >= 4 is 17.5 Å². The van der Waals surface area contributed by atoms with Crippen LogP contribution in [0.2, 0.25) is 0 Å². The summed E-state index contributed by atoms with van der Waals surface area (Å²) in [7, 11) is 1.59. The Hall–Kier alpha value is -3.65. The van der Waals surface area contributed by atoms with Crippen molar-refractivity contribution in [3.63, 3.8) is 0 Å². The Balaban J connectivity index is 1.54. The number of aromatic nitrogens is 3. The van der Waals surface area contributed by atoms with Crippen LogP contribution in [-0.4, -0.2) is 33.4 Å². The summed E-state index contributed by atoms with van der Waals surface area (Å²) in [5.74, 6) is 1.45. The van der Waals surface area contributed by atoms with Gasteiger partial charge in [0.2, 0.25) is 0 Å². The molecule has 0 amide bonds. The van der Waals surface area contributed by atoms with Gasteiger partial charge in [0.15, 0.2) is 16.8 Å². The summed E-state index contributed by atoms with van der Waals surface area (Å²) in [6.45, 7) is 2.14. The van der Waals surface area contributed by atoms with Gasteiger partial charge in [-0.15, -0.1) is 10.2 Å². The lowest BCUT2D eigenvalue weighted by atomic mass is 10.1. The Morgan fingerprint density at radius 2 is 1.68 bits per heavy atom. The molecule has 0 saturated heterocycles. The van der Waals surface area contributed by atoms with Crippen molar-refractivity contribution in [2.24, 2.45) is 0 Å². The highest BCUT2D eigenvalue weighted by Crippen LogP contribution is 2.26. The molecule has 0 fully saturated rings. The van der Waals surface area contributed by atoms with Crippen LogP contribution in [0, 0.1) is 5.82 Å². The lowest BCUT2D eigenvalue weighted by Gasteiger charge is -2.12. The molecule has 1 heterocycles. The lowest BCUT2D eigenvalue weighted by Crippen LogP contribution is -2.09. The van der Waals surface area contributed by atoms with E-state index in [9.17, 15) is 9.18 Å². The summed E-state index contributed by atoms with van der Waals surface area (Å²) in [6, 6.07) is 21.1. The molecular formula is C26H24FN3O3S. The van der Waals surface area contributed by atoms with E-state index in [2.05, 4.69) is 17.1 Å². The van der Waals surface area contributed by atoms with Crippen molar-refractivity contribution in [2.75, 3.05) is 12.9 Å². The number of Topliss-reactive ketones (excluding diaryl/α,β-unsaturated/α-hetero) is 1. The normalized spacial score (nSPS) is 10.8. The smallest absolute Gasteiger partial charge is 0.196 e. The SMILES string of the molecule is CCc1ccc(C(=O)CSc2nnc(COc3ccc(OC)cc3)n2-c2ccccc2F)cc1. The zero-order chi connectivity index (χ0) is 23.9. The van der Waals surface area contributed by atoms with Gasteiger partial charge in [0.25, 0.3) is 0 Å². The van der Waals surface area contributed by atoms with Crippen LogP contribution in [0.3, 0.4) is 0 Å². The molecule has 0 radical (unpaired) electrons. The second kappa shape index (κ2) is 11.0. The molecular weight excluding hydrogens is 453 g/mol. The van der Waals surface area contributed by atoms with Crippen molar-refractivity contribution in [2.45, 2.75) is 25.1 Å². The van der Waals surface area contributed by atoms with Crippen LogP contribution in [-0.2, 0) is 13.0 Å². The van der Waals surface area contributed by atoms with E-state index >= 15 is 0 Å². The molecule has 0 saturated carbocycles. The molecule has 8 heteroatoms. The van der Waals surface area contributed by atoms with Crippen LogP contribution < -0.4 is 9.47 Å². The Bertz CT molecular complexity index is 1260. The van der Waals surface area contributed by atoms with Crippen molar-refractivity contribution in [3.8, 4) is 17.2 Å². The van der Waals surface area contributed by atoms with Crippen LogP contribution in [0.4, 0.5) is 4.39 Å². The maximum Gasteiger partial charge on any atom is 0.196 e. The van der Waals surface area contributed by atoms with E-state index < -0.39 is 5.82 Å². The van der Waals surface area contributed by atoms with E-state index in [1.165, 1.54) is 23.4 Å². The molecule has 3 aromatic carbocycles. The summed E-state index contributed by atoms with van der Waals surface area (Å²) >= 11 is 1.21. The molecule has 4 rings (SSSR count). The number of halogens is 1. The number of ether oxygens (including phenoxy) is 2. The number of hydrogen-bond donors (Lipinski definition) is 0. The molecule has 0 bridgehead atoms. The molecule has 34 heavy (non-hydrogen) atoms. The summed E-state index contributed by atoms with van der Waals surface area (Å²) < 4.78 is 27.3. The fourth-order valence-corrected chi connectivity index (χ4v) is 4.18. The Labute approximate surface area is 201 Å². The molecule has 0 atom stereocenters. The number of ketones is 1. The van der Waals surface area contributed by atoms with Crippen LogP contribution >= 0.6 is 11.8 Å². The summed E-state index contributed by atoms with van der Waals surface area (Å²) in [5.41, 5.74) is 2.10. The van der Waals surface area contributed by atoms with E-state index in [1.54, 1.807) is 54.1 Å². The van der Waals surface area contributed by atoms with Gasteiger partial charge in [-0.2, -0.15) is 0 Å². The first-order chi connectivity index (χ1) is 16.6. The van der Waals surface area contributed by atoms with Gasteiger partial charge in [0.05, 0.1) is 18.6 Å². The van der Waals surface area contributed by atoms with Gasteiger partial charge < -0.3 is 9.47 Å². The van der Waals surface area contributed by atoms with Gasteiger partial charge in [-0.3, -0.25) is 9.36 Å². The molecule has 4 aromatic rings. The van der Waals surface area contributed by atoms with E-state index in [0.29, 0.717) is 28.0 Å². The first kappa shape index (κ1) is 23.5. The highest BCUT2D eigenvalue weighted by atomic mass is 32.2. The maximum atomic E-state index is 14.7. The fraction of sp³-hybridized carbons (Fsp3) is 0.192. The molecule has 0 aliphatic rings. The standard InChI is InChI=1S/C26H24FN3O3S/c1-3-18-8-10-19(11-9-18)24(31)17-34-26-29-28-25(30(26)23-7-5-4-6-22(23)27)16-33-21-14-12-20(32-2)13-15-21/h4-15H,3,16-17H2,1-2H3. The number of para-hydroxylation sites is 1. The van der Waals surface area contributed by atoms with Crippen molar-refractivity contribution in [3.05, 3.63) is 95.6 Å². The van der Waals surface area contributed by atoms with Crippen molar-refractivity contribution < 1.29 is 18.7 Å². The maximum absolute atomic E-state index is 14.7. The molecule has 0 aliphatic heterocycles. The van der Waals surface area contributed by atoms with E-state index in [1.807, 2.05) is 24.3 Å². The van der Waals surface area contributed by atoms with Gasteiger partial charge in [-0.25, -0.2) is 4.39 Å². The molecule has 0 N–H and O–H groups in total. The molecule has 1 aromatic heterocycles. The van der Waals surface area contributed by atoms with Crippen LogP contribution in [0.15, 0.2) is 78.0 Å². The minimum atomic E-state index is -0.420. The number of carbonyl (C=O) groups is 1. The van der Waals surface area contributed by atoms with Crippen LogP contribution in [0.1, 0.15) is 28.7 Å².